The Morgan fingerprint density at radius 3 is 2.64 bits per heavy atom. The molecule has 2 heterocycles. The maximum absolute atomic E-state index is 13.0. The zero-order valence-corrected chi connectivity index (χ0v) is 20.0. The molecule has 33 heavy (non-hydrogen) atoms. The highest BCUT2D eigenvalue weighted by molar-refractivity contribution is 7.89. The Bertz CT molecular complexity index is 1290. The molecule has 1 aliphatic rings. The molecule has 0 atom stereocenters. The first-order chi connectivity index (χ1) is 15.8. The minimum atomic E-state index is -3.73. The van der Waals surface area contributed by atoms with Gasteiger partial charge in [-0.05, 0) is 57.0 Å². The number of nitrogens with zero attached hydrogens (tertiary/aromatic N) is 2. The van der Waals surface area contributed by atoms with Crippen molar-refractivity contribution in [1.29, 1.82) is 0 Å². The van der Waals surface area contributed by atoms with Gasteiger partial charge in [-0.25, -0.2) is 13.4 Å². The van der Waals surface area contributed by atoms with E-state index in [1.54, 1.807) is 12.1 Å². The molecule has 0 saturated carbocycles. The van der Waals surface area contributed by atoms with E-state index in [0.29, 0.717) is 30.1 Å². The van der Waals surface area contributed by atoms with Gasteiger partial charge >= 0.3 is 0 Å². The Morgan fingerprint density at radius 2 is 1.94 bits per heavy atom. The third-order valence-corrected chi connectivity index (χ3v) is 8.43. The van der Waals surface area contributed by atoms with Crippen LogP contribution in [0.4, 0.5) is 5.13 Å². The van der Waals surface area contributed by atoms with Crippen LogP contribution in [-0.2, 0) is 14.8 Å². The molecule has 10 heteroatoms. The van der Waals surface area contributed by atoms with Gasteiger partial charge in [0.1, 0.15) is 5.75 Å². The highest BCUT2D eigenvalue weighted by Gasteiger charge is 2.32. The number of carbonyl (C=O) groups excluding carboxylic acids is 2. The highest BCUT2D eigenvalue weighted by Crippen LogP contribution is 2.31. The van der Waals surface area contributed by atoms with Crippen LogP contribution in [0.15, 0.2) is 47.4 Å². The lowest BCUT2D eigenvalue weighted by atomic mass is 9.97. The summed E-state index contributed by atoms with van der Waals surface area (Å²) in [5, 5.41) is 3.39. The van der Waals surface area contributed by atoms with Gasteiger partial charge < -0.3 is 10.1 Å². The average Bonchev–Trinajstić information content (AvgIpc) is 3.21. The summed E-state index contributed by atoms with van der Waals surface area (Å²) in [6.07, 6.45) is 0.827. The van der Waals surface area contributed by atoms with E-state index in [4.69, 9.17) is 4.74 Å². The number of carbonyl (C=O) groups is 2. The molecule has 8 nitrogen and oxygen atoms in total. The minimum Gasteiger partial charge on any atom is -0.494 e. The number of nitrogens with one attached hydrogen (secondary N) is 1. The molecule has 3 aromatic rings. The van der Waals surface area contributed by atoms with Crippen molar-refractivity contribution >= 4 is 48.4 Å². The number of hydrogen-bond acceptors (Lipinski definition) is 7. The number of hydrogen-bond donors (Lipinski definition) is 1. The fraction of sp³-hybridized carbons (Fsp3) is 0.348. The molecule has 1 amide bonds. The van der Waals surface area contributed by atoms with Crippen LogP contribution in [0, 0.1) is 5.92 Å². The van der Waals surface area contributed by atoms with Crippen LogP contribution in [0.2, 0.25) is 0 Å². The molecular weight excluding hydrogens is 462 g/mol. The van der Waals surface area contributed by atoms with Gasteiger partial charge in [0.15, 0.2) is 10.9 Å². The van der Waals surface area contributed by atoms with E-state index < -0.39 is 10.0 Å². The average molecular weight is 488 g/mol. The lowest BCUT2D eigenvalue weighted by molar-refractivity contribution is -0.120. The van der Waals surface area contributed by atoms with Crippen LogP contribution in [0.1, 0.15) is 37.0 Å². The molecule has 0 aliphatic carbocycles. The van der Waals surface area contributed by atoms with E-state index in [0.717, 1.165) is 16.0 Å². The number of ether oxygens (including phenoxy) is 1. The van der Waals surface area contributed by atoms with Crippen molar-refractivity contribution in [2.24, 2.45) is 5.92 Å². The summed E-state index contributed by atoms with van der Waals surface area (Å²) in [7, 11) is -3.73. The number of fused-ring (bicyclic) bond motifs is 1. The van der Waals surface area contributed by atoms with E-state index in [9.17, 15) is 18.0 Å². The predicted molar refractivity (Wildman–Crippen MR) is 127 cm³/mol. The van der Waals surface area contributed by atoms with Gasteiger partial charge in [-0.2, -0.15) is 4.31 Å². The molecule has 0 bridgehead atoms. The maximum Gasteiger partial charge on any atom is 0.243 e. The van der Waals surface area contributed by atoms with Crippen LogP contribution in [0.5, 0.6) is 5.75 Å². The van der Waals surface area contributed by atoms with Crippen molar-refractivity contribution in [3.05, 3.63) is 48.0 Å². The Balaban J connectivity index is 1.39. The van der Waals surface area contributed by atoms with Gasteiger partial charge in [0.2, 0.25) is 15.9 Å². The summed E-state index contributed by atoms with van der Waals surface area (Å²) in [5.74, 6) is 0.112. The SMILES string of the molecule is CCOc1ccc2nc(NC(=O)C3CCN(S(=O)(=O)c4cccc(C(C)=O)c4)CC3)sc2c1. The first kappa shape index (κ1) is 23.3. The second-order valence-corrected chi connectivity index (χ2v) is 10.8. The summed E-state index contributed by atoms with van der Waals surface area (Å²) < 4.78 is 33.8. The van der Waals surface area contributed by atoms with Gasteiger partial charge in [0.25, 0.3) is 0 Å². The number of piperidine rings is 1. The first-order valence-electron chi connectivity index (χ1n) is 10.7. The van der Waals surface area contributed by atoms with Crippen molar-refractivity contribution in [3.63, 3.8) is 0 Å². The maximum atomic E-state index is 13.0. The van der Waals surface area contributed by atoms with Crippen LogP contribution < -0.4 is 10.1 Å². The number of Topliss-reactive ketones (excluding diaryl/α,β-unsaturated/α-hetero) is 1. The Morgan fingerprint density at radius 1 is 1.18 bits per heavy atom. The van der Waals surface area contributed by atoms with E-state index in [-0.39, 0.29) is 35.6 Å². The van der Waals surface area contributed by atoms with Gasteiger partial charge in [0.05, 0.1) is 21.7 Å². The number of ketones is 1. The minimum absolute atomic E-state index is 0.0963. The second-order valence-electron chi connectivity index (χ2n) is 7.83. The normalized spacial score (nSPS) is 15.5. The quantitative estimate of drug-likeness (QED) is 0.506. The smallest absolute Gasteiger partial charge is 0.243 e. The number of amides is 1. The van der Waals surface area contributed by atoms with E-state index in [1.807, 2.05) is 25.1 Å². The molecule has 1 fully saturated rings. The van der Waals surface area contributed by atoms with E-state index in [2.05, 4.69) is 10.3 Å². The molecular formula is C23H25N3O5S2. The van der Waals surface area contributed by atoms with Crippen molar-refractivity contribution < 1.29 is 22.7 Å². The molecule has 0 unspecified atom stereocenters. The molecule has 0 spiro atoms. The molecule has 4 rings (SSSR count). The standard InChI is InChI=1S/C23H25N3O5S2/c1-3-31-18-7-8-20-21(14-18)32-23(24-20)25-22(28)16-9-11-26(12-10-16)33(29,30)19-6-4-5-17(13-19)15(2)27/h4-8,13-14,16H,3,9-12H2,1-2H3,(H,24,25,28). The second kappa shape index (κ2) is 9.58. The van der Waals surface area contributed by atoms with Gasteiger partial charge in [-0.1, -0.05) is 23.5 Å². The summed E-state index contributed by atoms with van der Waals surface area (Å²) in [6.45, 7) is 4.37. The monoisotopic (exact) mass is 487 g/mol. The predicted octanol–water partition coefficient (Wildman–Crippen LogP) is 3.94. The summed E-state index contributed by atoms with van der Waals surface area (Å²) in [4.78, 5) is 29.0. The van der Waals surface area contributed by atoms with Crippen LogP contribution >= 0.6 is 11.3 Å². The van der Waals surface area contributed by atoms with Crippen LogP contribution in [0.3, 0.4) is 0 Å². The summed E-state index contributed by atoms with van der Waals surface area (Å²) in [5.41, 5.74) is 1.14. The fourth-order valence-corrected chi connectivity index (χ4v) is 6.22. The van der Waals surface area contributed by atoms with Gasteiger partial charge in [-0.3, -0.25) is 9.59 Å². The van der Waals surface area contributed by atoms with E-state index >= 15 is 0 Å². The zero-order valence-electron chi connectivity index (χ0n) is 18.4. The largest absolute Gasteiger partial charge is 0.494 e. The molecule has 1 aromatic heterocycles. The Labute approximate surface area is 196 Å². The fourth-order valence-electron chi connectivity index (χ4n) is 3.81. The highest BCUT2D eigenvalue weighted by atomic mass is 32.2. The Hall–Kier alpha value is -2.82. The molecule has 0 radical (unpaired) electrons. The molecule has 2 aromatic carbocycles. The molecule has 174 valence electrons. The lowest BCUT2D eigenvalue weighted by Gasteiger charge is -2.30. The number of rotatable bonds is 7. The van der Waals surface area contributed by atoms with Crippen molar-refractivity contribution in [2.75, 3.05) is 25.0 Å². The zero-order chi connectivity index (χ0) is 23.6. The molecule has 1 aliphatic heterocycles. The Kier molecular flexibility index (Phi) is 6.78. The number of sulfonamides is 1. The number of benzene rings is 2. The van der Waals surface area contributed by atoms with Crippen molar-refractivity contribution in [2.45, 2.75) is 31.6 Å². The summed E-state index contributed by atoms with van der Waals surface area (Å²) >= 11 is 1.38. The third-order valence-electron chi connectivity index (χ3n) is 5.60. The first-order valence-corrected chi connectivity index (χ1v) is 13.0. The third kappa shape index (κ3) is 5.07. The number of aromatic nitrogens is 1. The number of anilines is 1. The lowest BCUT2D eigenvalue weighted by Crippen LogP contribution is -2.41. The van der Waals surface area contributed by atoms with E-state index in [1.165, 1.54) is 34.7 Å². The van der Waals surface area contributed by atoms with Crippen LogP contribution in [-0.4, -0.2) is 49.1 Å². The molecule has 1 saturated heterocycles. The molecule has 1 N–H and O–H groups in total. The van der Waals surface area contributed by atoms with Crippen molar-refractivity contribution in [1.82, 2.24) is 9.29 Å². The van der Waals surface area contributed by atoms with Crippen LogP contribution in [0.25, 0.3) is 10.2 Å². The van der Waals surface area contributed by atoms with Crippen molar-refractivity contribution in [3.8, 4) is 5.75 Å². The summed E-state index contributed by atoms with van der Waals surface area (Å²) in [6, 6.07) is 11.7. The van der Waals surface area contributed by atoms with Gasteiger partial charge in [-0.15, -0.1) is 0 Å². The van der Waals surface area contributed by atoms with Gasteiger partial charge in [0, 0.05) is 24.6 Å². The topological polar surface area (TPSA) is 106 Å². The number of thiazole rings is 1.